The maximum atomic E-state index is 14.6. The Morgan fingerprint density at radius 1 is 0.756 bits per heavy atom. The summed E-state index contributed by atoms with van der Waals surface area (Å²) in [6, 6.07) is 0. The number of Topliss-reactive ketones (excluding diaryl/α,β-unsaturated/α-hetero) is 1. The van der Waals surface area contributed by atoms with Gasteiger partial charge in [0, 0.05) is 71.3 Å². The van der Waals surface area contributed by atoms with E-state index in [1.807, 2.05) is 0 Å². The third kappa shape index (κ3) is 8.58. The minimum absolute atomic E-state index is 0.0934. The molecule has 1 saturated carbocycles. The highest BCUT2D eigenvalue weighted by Crippen LogP contribution is 2.54. The SMILES string of the molecule is C=C1[C@H](OC(C)=O)C[C@@H](OC(C)=O)C(C)(C)/C=C\[C@@H](C)C(=O)[C@@]2(OC(C)=O)C[C@@](C)(OC(C)=O)[C@H](OC(C)=O)[C@@H]2[C@H]1OC(C)=O. The van der Waals surface area contributed by atoms with Crippen molar-refractivity contribution in [1.82, 2.24) is 0 Å². The van der Waals surface area contributed by atoms with Gasteiger partial charge in [-0.15, -0.1) is 0 Å². The van der Waals surface area contributed by atoms with E-state index in [4.69, 9.17) is 28.4 Å². The molecular formula is C32H44O13. The van der Waals surface area contributed by atoms with Gasteiger partial charge in [0.05, 0.1) is 5.92 Å². The Balaban J connectivity index is 3.11. The Kier molecular flexibility index (Phi) is 11.5. The minimum atomic E-state index is -2.22. The Bertz CT molecular complexity index is 1280. The zero-order valence-electron chi connectivity index (χ0n) is 27.5. The first-order chi connectivity index (χ1) is 20.6. The number of carbonyl (C=O) groups is 7. The van der Waals surface area contributed by atoms with E-state index >= 15 is 0 Å². The molecule has 8 atom stereocenters. The van der Waals surface area contributed by atoms with Gasteiger partial charge in [-0.1, -0.05) is 39.5 Å². The molecule has 0 N–H and O–H groups in total. The molecule has 0 aromatic carbocycles. The molecule has 0 radical (unpaired) electrons. The van der Waals surface area contributed by atoms with Crippen molar-refractivity contribution in [3.8, 4) is 0 Å². The first kappa shape index (κ1) is 37.2. The highest BCUT2D eigenvalue weighted by atomic mass is 16.6. The summed E-state index contributed by atoms with van der Waals surface area (Å²) in [6.45, 7) is 17.2. The molecular weight excluding hydrogens is 592 g/mol. The Labute approximate surface area is 262 Å². The van der Waals surface area contributed by atoms with Gasteiger partial charge in [0.2, 0.25) is 0 Å². The topological polar surface area (TPSA) is 175 Å². The molecule has 0 aromatic rings. The van der Waals surface area contributed by atoms with Crippen LogP contribution in [0.15, 0.2) is 24.3 Å². The molecule has 13 heteroatoms. The minimum Gasteiger partial charge on any atom is -0.461 e. The molecule has 1 fully saturated rings. The molecule has 2 aliphatic rings. The zero-order chi connectivity index (χ0) is 34.7. The second kappa shape index (κ2) is 13.9. The lowest BCUT2D eigenvalue weighted by atomic mass is 9.72. The van der Waals surface area contributed by atoms with Crippen LogP contribution in [-0.4, -0.2) is 77.2 Å². The van der Waals surface area contributed by atoms with Gasteiger partial charge < -0.3 is 28.4 Å². The molecule has 0 amide bonds. The smallest absolute Gasteiger partial charge is 0.303 e. The highest BCUT2D eigenvalue weighted by Gasteiger charge is 2.71. The third-order valence-corrected chi connectivity index (χ3v) is 7.99. The number of hydrogen-bond acceptors (Lipinski definition) is 13. The zero-order valence-corrected chi connectivity index (χ0v) is 27.5. The number of hydrogen-bond donors (Lipinski definition) is 0. The second-order valence-corrected chi connectivity index (χ2v) is 12.5. The van der Waals surface area contributed by atoms with Crippen LogP contribution < -0.4 is 0 Å². The van der Waals surface area contributed by atoms with E-state index in [1.54, 1.807) is 32.9 Å². The molecule has 0 heterocycles. The third-order valence-electron chi connectivity index (χ3n) is 7.99. The fourth-order valence-corrected chi connectivity index (χ4v) is 6.32. The molecule has 0 aromatic heterocycles. The molecule has 0 unspecified atom stereocenters. The fraction of sp³-hybridized carbons (Fsp3) is 0.656. The number of ketones is 1. The maximum Gasteiger partial charge on any atom is 0.303 e. The van der Waals surface area contributed by atoms with Crippen LogP contribution in [0.2, 0.25) is 0 Å². The number of fused-ring (bicyclic) bond motifs is 1. The van der Waals surface area contributed by atoms with Crippen molar-refractivity contribution < 1.29 is 62.0 Å². The summed E-state index contributed by atoms with van der Waals surface area (Å²) in [5, 5.41) is 0. The summed E-state index contributed by atoms with van der Waals surface area (Å²) in [5.41, 5.74) is -5.05. The summed E-state index contributed by atoms with van der Waals surface area (Å²) in [7, 11) is 0. The Hall–Kier alpha value is -4.03. The Morgan fingerprint density at radius 3 is 1.73 bits per heavy atom. The standard InChI is InChI=1S/C32H44O13/c1-16-12-13-30(9,10)25(41-19(4)34)14-24(40-18(3)33)17(2)27(42-20(5)35)26-29(43-21(6)36)31(11,44-22(7)37)15-32(26,28(16)39)45-23(8)38/h12-13,16,24-27,29H,2,14-15H2,1,3-11H3/b13-12-/t16-,24-,25-,26+,27+,29-,31-,32-/m1/s1. The highest BCUT2D eigenvalue weighted by molar-refractivity contribution is 5.94. The lowest BCUT2D eigenvalue weighted by Gasteiger charge is -2.42. The van der Waals surface area contributed by atoms with Gasteiger partial charge in [-0.2, -0.15) is 0 Å². The summed E-state index contributed by atoms with van der Waals surface area (Å²) < 4.78 is 34.3. The molecule has 0 saturated heterocycles. The van der Waals surface area contributed by atoms with Crippen molar-refractivity contribution >= 4 is 41.6 Å². The number of carbonyl (C=O) groups excluding carboxylic acids is 7. The van der Waals surface area contributed by atoms with E-state index in [2.05, 4.69) is 6.58 Å². The predicted octanol–water partition coefficient (Wildman–Crippen LogP) is 3.10. The average Bonchev–Trinajstić information content (AvgIpc) is 3.08. The van der Waals surface area contributed by atoms with Gasteiger partial charge in [0.15, 0.2) is 23.1 Å². The number of esters is 6. The molecule has 2 rings (SSSR count). The van der Waals surface area contributed by atoms with Crippen LogP contribution in [0.3, 0.4) is 0 Å². The van der Waals surface area contributed by atoms with Crippen molar-refractivity contribution in [3.63, 3.8) is 0 Å². The fourth-order valence-electron chi connectivity index (χ4n) is 6.32. The normalized spacial score (nSPS) is 33.6. The summed E-state index contributed by atoms with van der Waals surface area (Å²) >= 11 is 0. The van der Waals surface area contributed by atoms with E-state index in [-0.39, 0.29) is 12.0 Å². The van der Waals surface area contributed by atoms with Crippen molar-refractivity contribution in [2.75, 3.05) is 0 Å². The van der Waals surface area contributed by atoms with E-state index in [1.165, 1.54) is 13.8 Å². The largest absolute Gasteiger partial charge is 0.461 e. The van der Waals surface area contributed by atoms with Gasteiger partial charge >= 0.3 is 35.8 Å². The predicted molar refractivity (Wildman–Crippen MR) is 156 cm³/mol. The number of rotatable bonds is 6. The van der Waals surface area contributed by atoms with Crippen molar-refractivity contribution in [2.24, 2.45) is 17.3 Å². The first-order valence-corrected chi connectivity index (χ1v) is 14.6. The van der Waals surface area contributed by atoms with Crippen molar-refractivity contribution in [3.05, 3.63) is 24.3 Å². The number of allylic oxidation sites excluding steroid dienone is 1. The molecule has 2 aliphatic carbocycles. The van der Waals surface area contributed by atoms with Crippen LogP contribution in [0.4, 0.5) is 0 Å². The molecule has 0 bridgehead atoms. The lowest BCUT2D eigenvalue weighted by Crippen LogP contribution is -2.57. The van der Waals surface area contributed by atoms with Crippen LogP contribution in [0.5, 0.6) is 0 Å². The van der Waals surface area contributed by atoms with Crippen LogP contribution >= 0.6 is 0 Å². The molecule has 0 aliphatic heterocycles. The van der Waals surface area contributed by atoms with E-state index in [0.29, 0.717) is 0 Å². The molecule has 0 spiro atoms. The van der Waals surface area contributed by atoms with Gasteiger partial charge in [0.25, 0.3) is 0 Å². The van der Waals surface area contributed by atoms with Gasteiger partial charge in [0.1, 0.15) is 18.3 Å². The molecule has 250 valence electrons. The van der Waals surface area contributed by atoms with Crippen LogP contribution in [0.25, 0.3) is 0 Å². The summed E-state index contributed by atoms with van der Waals surface area (Å²) in [4.78, 5) is 89.5. The Morgan fingerprint density at radius 2 is 1.27 bits per heavy atom. The molecule has 45 heavy (non-hydrogen) atoms. The monoisotopic (exact) mass is 636 g/mol. The van der Waals surface area contributed by atoms with Gasteiger partial charge in [-0.05, 0) is 6.92 Å². The maximum absolute atomic E-state index is 14.6. The van der Waals surface area contributed by atoms with Crippen LogP contribution in [0, 0.1) is 17.3 Å². The second-order valence-electron chi connectivity index (χ2n) is 12.5. The van der Waals surface area contributed by atoms with E-state index in [0.717, 1.165) is 34.6 Å². The lowest BCUT2D eigenvalue weighted by molar-refractivity contribution is -0.190. The average molecular weight is 637 g/mol. The van der Waals surface area contributed by atoms with E-state index in [9.17, 15) is 33.6 Å². The van der Waals surface area contributed by atoms with Crippen LogP contribution in [-0.2, 0) is 62.0 Å². The quantitative estimate of drug-likeness (QED) is 0.236. The first-order valence-electron chi connectivity index (χ1n) is 14.6. The number of ether oxygens (including phenoxy) is 6. The summed E-state index contributed by atoms with van der Waals surface area (Å²) in [6.07, 6.45) is -2.86. The van der Waals surface area contributed by atoms with Crippen molar-refractivity contribution in [2.45, 2.75) is 118 Å². The van der Waals surface area contributed by atoms with Gasteiger partial charge in [-0.3, -0.25) is 33.6 Å². The summed E-state index contributed by atoms with van der Waals surface area (Å²) in [5.74, 6) is -8.02. The molecule has 13 nitrogen and oxygen atoms in total. The van der Waals surface area contributed by atoms with Gasteiger partial charge in [-0.25, -0.2) is 0 Å². The van der Waals surface area contributed by atoms with Crippen LogP contribution in [0.1, 0.15) is 82.1 Å². The van der Waals surface area contributed by atoms with E-state index < -0.39 is 101 Å². The van der Waals surface area contributed by atoms with Crippen molar-refractivity contribution in [1.29, 1.82) is 0 Å².